The van der Waals surface area contributed by atoms with E-state index in [2.05, 4.69) is 34.4 Å². The van der Waals surface area contributed by atoms with Crippen molar-refractivity contribution < 1.29 is 4.74 Å². The lowest BCUT2D eigenvalue weighted by molar-refractivity contribution is 0.174. The van der Waals surface area contributed by atoms with Gasteiger partial charge in [-0.05, 0) is 12.0 Å². The molecule has 0 bridgehead atoms. The number of aromatic nitrogens is 3. The molecule has 3 aromatic rings. The fraction of sp³-hybridized carbons (Fsp3) is 0.375. The number of benzene rings is 1. The normalized spacial score (nSPS) is 11.8. The summed E-state index contributed by atoms with van der Waals surface area (Å²) in [5, 5.41) is 1.15. The molecule has 2 heterocycles. The van der Waals surface area contributed by atoms with Crippen molar-refractivity contribution in [1.29, 1.82) is 0 Å². The molecule has 0 amide bonds. The first-order valence-electron chi connectivity index (χ1n) is 6.92. The number of nitrogens with zero attached hydrogens (tertiary/aromatic N) is 3. The van der Waals surface area contributed by atoms with Crippen LogP contribution in [0.5, 0.6) is 0 Å². The number of imidazole rings is 1. The minimum absolute atomic E-state index is 0.524. The number of hydrogen-bond acceptors (Lipinski definition) is 3. The summed E-state index contributed by atoms with van der Waals surface area (Å²) in [6.45, 7) is 5.89. The first-order valence-corrected chi connectivity index (χ1v) is 6.92. The van der Waals surface area contributed by atoms with Crippen molar-refractivity contribution in [2.45, 2.75) is 27.0 Å². The van der Waals surface area contributed by atoms with Crippen molar-refractivity contribution in [2.24, 2.45) is 5.92 Å². The third-order valence-corrected chi connectivity index (χ3v) is 3.38. The number of rotatable bonds is 4. The Bertz CT molecular complexity index is 746. The lowest BCUT2D eigenvalue weighted by Gasteiger charge is -2.12. The number of para-hydroxylation sites is 1. The number of hydrogen-bond donors (Lipinski definition) is 0. The summed E-state index contributed by atoms with van der Waals surface area (Å²) in [4.78, 5) is 9.17. The van der Waals surface area contributed by atoms with E-state index in [0.717, 1.165) is 34.3 Å². The predicted molar refractivity (Wildman–Crippen MR) is 80.6 cm³/mol. The van der Waals surface area contributed by atoms with E-state index in [1.54, 1.807) is 7.11 Å². The van der Waals surface area contributed by atoms with E-state index < -0.39 is 0 Å². The Morgan fingerprint density at radius 1 is 1.20 bits per heavy atom. The van der Waals surface area contributed by atoms with E-state index in [4.69, 9.17) is 4.74 Å². The topological polar surface area (TPSA) is 39.9 Å². The highest BCUT2D eigenvalue weighted by Crippen LogP contribution is 2.25. The number of methoxy groups -OCH3 is 1. The molecule has 1 aromatic carbocycles. The summed E-state index contributed by atoms with van der Waals surface area (Å²) in [7, 11) is 1.70. The number of pyridine rings is 1. The average molecular weight is 269 g/mol. The zero-order valence-corrected chi connectivity index (χ0v) is 12.1. The van der Waals surface area contributed by atoms with Crippen molar-refractivity contribution in [2.75, 3.05) is 7.11 Å². The summed E-state index contributed by atoms with van der Waals surface area (Å²) in [5.74, 6) is 1.52. The summed E-state index contributed by atoms with van der Waals surface area (Å²) in [5.41, 5.74) is 3.11. The van der Waals surface area contributed by atoms with Gasteiger partial charge in [0, 0.05) is 19.0 Å². The lowest BCUT2D eigenvalue weighted by Crippen LogP contribution is -2.09. The van der Waals surface area contributed by atoms with Crippen molar-refractivity contribution >= 4 is 21.9 Å². The van der Waals surface area contributed by atoms with Gasteiger partial charge in [0.2, 0.25) is 0 Å². The van der Waals surface area contributed by atoms with Gasteiger partial charge in [-0.15, -0.1) is 0 Å². The minimum atomic E-state index is 0.524. The maximum atomic E-state index is 5.29. The Morgan fingerprint density at radius 3 is 2.75 bits per heavy atom. The zero-order chi connectivity index (χ0) is 14.1. The lowest BCUT2D eigenvalue weighted by atomic mass is 10.1. The van der Waals surface area contributed by atoms with E-state index in [9.17, 15) is 0 Å². The summed E-state index contributed by atoms with van der Waals surface area (Å²) in [6, 6.07) is 8.21. The van der Waals surface area contributed by atoms with Gasteiger partial charge in [-0.2, -0.15) is 0 Å². The Hall–Kier alpha value is -1.94. The van der Waals surface area contributed by atoms with E-state index in [1.165, 1.54) is 0 Å². The van der Waals surface area contributed by atoms with Gasteiger partial charge >= 0.3 is 0 Å². The maximum absolute atomic E-state index is 5.29. The highest BCUT2D eigenvalue weighted by molar-refractivity contribution is 6.02. The van der Waals surface area contributed by atoms with Crippen molar-refractivity contribution in [3.05, 3.63) is 36.3 Å². The second-order valence-electron chi connectivity index (χ2n) is 5.47. The van der Waals surface area contributed by atoms with Gasteiger partial charge in [0.15, 0.2) is 0 Å². The Morgan fingerprint density at radius 2 is 2.00 bits per heavy atom. The molecule has 4 nitrogen and oxygen atoms in total. The van der Waals surface area contributed by atoms with Crippen LogP contribution >= 0.6 is 0 Å². The molecule has 0 aliphatic rings. The third-order valence-electron chi connectivity index (χ3n) is 3.38. The maximum Gasteiger partial charge on any atom is 0.136 e. The van der Waals surface area contributed by atoms with Crippen LogP contribution in [0.25, 0.3) is 21.9 Å². The highest BCUT2D eigenvalue weighted by atomic mass is 16.5. The Balaban J connectivity index is 2.33. The van der Waals surface area contributed by atoms with Crippen LogP contribution in [-0.4, -0.2) is 21.6 Å². The highest BCUT2D eigenvalue weighted by Gasteiger charge is 2.14. The molecule has 0 fully saturated rings. The van der Waals surface area contributed by atoms with Gasteiger partial charge in [0.1, 0.15) is 17.9 Å². The summed E-state index contributed by atoms with van der Waals surface area (Å²) >= 11 is 0. The second-order valence-corrected chi connectivity index (χ2v) is 5.47. The van der Waals surface area contributed by atoms with Gasteiger partial charge in [-0.3, -0.25) is 4.98 Å². The molecular formula is C16H19N3O. The first-order chi connectivity index (χ1) is 9.70. The van der Waals surface area contributed by atoms with Crippen molar-refractivity contribution in [1.82, 2.24) is 14.5 Å². The first kappa shape index (κ1) is 13.1. The van der Waals surface area contributed by atoms with Crippen LogP contribution in [0.3, 0.4) is 0 Å². The summed E-state index contributed by atoms with van der Waals surface area (Å²) < 4.78 is 7.56. The van der Waals surface area contributed by atoms with E-state index in [-0.39, 0.29) is 0 Å². The molecule has 0 atom stereocenters. The van der Waals surface area contributed by atoms with Crippen molar-refractivity contribution in [3.8, 4) is 0 Å². The van der Waals surface area contributed by atoms with E-state index in [1.807, 2.05) is 24.4 Å². The van der Waals surface area contributed by atoms with E-state index >= 15 is 0 Å². The molecule has 0 unspecified atom stereocenters. The fourth-order valence-electron chi connectivity index (χ4n) is 2.61. The second kappa shape index (κ2) is 5.21. The van der Waals surface area contributed by atoms with Crippen LogP contribution in [0.2, 0.25) is 0 Å². The Kier molecular flexibility index (Phi) is 3.40. The molecule has 4 heteroatoms. The summed E-state index contributed by atoms with van der Waals surface area (Å²) in [6.07, 6.45) is 1.85. The smallest absolute Gasteiger partial charge is 0.136 e. The van der Waals surface area contributed by atoms with Crippen LogP contribution in [0.4, 0.5) is 0 Å². The Labute approximate surface area is 118 Å². The molecule has 104 valence electrons. The SMILES string of the molecule is COCc1nc2cnc3ccccc3c2n1CC(C)C. The quantitative estimate of drug-likeness (QED) is 0.729. The van der Waals surface area contributed by atoms with Gasteiger partial charge in [-0.1, -0.05) is 32.0 Å². The zero-order valence-electron chi connectivity index (χ0n) is 12.1. The molecule has 20 heavy (non-hydrogen) atoms. The van der Waals surface area contributed by atoms with Gasteiger partial charge in [0.05, 0.1) is 17.2 Å². The van der Waals surface area contributed by atoms with Crippen LogP contribution in [0, 0.1) is 5.92 Å². The number of fused-ring (bicyclic) bond motifs is 3. The molecule has 0 saturated carbocycles. The van der Waals surface area contributed by atoms with Crippen LogP contribution in [-0.2, 0) is 17.9 Å². The molecule has 0 saturated heterocycles. The largest absolute Gasteiger partial charge is 0.377 e. The molecule has 2 aromatic heterocycles. The van der Waals surface area contributed by atoms with Crippen LogP contribution < -0.4 is 0 Å². The molecular weight excluding hydrogens is 250 g/mol. The van der Waals surface area contributed by atoms with Gasteiger partial charge < -0.3 is 9.30 Å². The van der Waals surface area contributed by atoms with Crippen molar-refractivity contribution in [3.63, 3.8) is 0 Å². The van der Waals surface area contributed by atoms with Crippen LogP contribution in [0.1, 0.15) is 19.7 Å². The minimum Gasteiger partial charge on any atom is -0.377 e. The molecule has 0 radical (unpaired) electrons. The molecule has 0 spiro atoms. The molecule has 0 aliphatic carbocycles. The van der Waals surface area contributed by atoms with Crippen LogP contribution in [0.15, 0.2) is 30.5 Å². The molecule has 0 N–H and O–H groups in total. The van der Waals surface area contributed by atoms with Gasteiger partial charge in [-0.25, -0.2) is 4.98 Å². The molecule has 0 aliphatic heterocycles. The standard InChI is InChI=1S/C16H19N3O/c1-11(2)9-19-15(10-20-3)18-14-8-17-13-7-5-4-6-12(13)16(14)19/h4-8,11H,9-10H2,1-3H3. The fourth-order valence-corrected chi connectivity index (χ4v) is 2.61. The monoisotopic (exact) mass is 269 g/mol. The van der Waals surface area contributed by atoms with Gasteiger partial charge in [0.25, 0.3) is 0 Å². The van der Waals surface area contributed by atoms with E-state index in [0.29, 0.717) is 12.5 Å². The molecule has 3 rings (SSSR count). The average Bonchev–Trinajstić information content (AvgIpc) is 2.77. The predicted octanol–water partition coefficient (Wildman–Crippen LogP) is 3.39. The third kappa shape index (κ3) is 2.16. The number of ether oxygens (including phenoxy) is 1.